The van der Waals surface area contributed by atoms with Gasteiger partial charge in [0.05, 0.1) is 0 Å². The van der Waals surface area contributed by atoms with Crippen LogP contribution in [0.2, 0.25) is 0 Å². The molecule has 1 atom stereocenters. The van der Waals surface area contributed by atoms with Crippen LogP contribution in [-0.4, -0.2) is 0 Å². The number of benzene rings is 2. The average Bonchev–Trinajstić information content (AvgIpc) is 2.30. The maximum Gasteiger partial charge on any atom is 0.129 e. The molecule has 74 valence electrons. The minimum absolute atomic E-state index is 0.706. The maximum atomic E-state index is 11.8. The van der Waals surface area contributed by atoms with E-state index in [1.165, 1.54) is 0 Å². The van der Waals surface area contributed by atoms with E-state index in [1.54, 1.807) is 0 Å². The fourth-order valence-corrected chi connectivity index (χ4v) is 2.80. The summed E-state index contributed by atoms with van der Waals surface area (Å²) in [6, 6.07) is 15.3. The van der Waals surface area contributed by atoms with Crippen molar-refractivity contribution in [1.82, 2.24) is 0 Å². The van der Waals surface area contributed by atoms with E-state index in [0.717, 1.165) is 16.4 Å². The van der Waals surface area contributed by atoms with Gasteiger partial charge in [0.2, 0.25) is 0 Å². The van der Waals surface area contributed by atoms with Crippen molar-refractivity contribution >= 4 is 13.7 Å². The van der Waals surface area contributed by atoms with Crippen molar-refractivity contribution < 1.29 is 9.42 Å². The second-order valence-corrected chi connectivity index (χ2v) is 4.54. The van der Waals surface area contributed by atoms with E-state index in [1.807, 2.05) is 48.5 Å². The molecule has 1 aliphatic rings. The second kappa shape index (κ2) is 3.34. The zero-order valence-electron chi connectivity index (χ0n) is 7.88. The highest BCUT2D eigenvalue weighted by molar-refractivity contribution is 7.54. The largest absolute Gasteiger partial charge is 0.795 e. The molecule has 3 rings (SSSR count). The van der Waals surface area contributed by atoms with Crippen LogP contribution in [0.3, 0.4) is 0 Å². The number of hydrogen-bond acceptors (Lipinski definition) is 2. The standard InChI is InChI=1S/C12H8O2P/c13-15-12-8-4-2-6-10(12)9-5-1-3-7-11(9)14-15/h1-8H/q-1. The first-order chi connectivity index (χ1) is 7.36. The number of fused-ring (bicyclic) bond motifs is 3. The highest BCUT2D eigenvalue weighted by atomic mass is 31.2. The van der Waals surface area contributed by atoms with Crippen LogP contribution in [0.4, 0.5) is 0 Å². The molecule has 3 heteroatoms. The molecule has 0 bridgehead atoms. The lowest BCUT2D eigenvalue weighted by Gasteiger charge is -2.31. The summed E-state index contributed by atoms with van der Waals surface area (Å²) in [6.07, 6.45) is 0. The van der Waals surface area contributed by atoms with E-state index in [0.29, 0.717) is 5.75 Å². The Morgan fingerprint density at radius 3 is 2.40 bits per heavy atom. The molecule has 0 N–H and O–H groups in total. The van der Waals surface area contributed by atoms with E-state index in [-0.39, 0.29) is 0 Å². The SMILES string of the molecule is [O-]P1Oc2ccccc2-c2ccccc21. The van der Waals surface area contributed by atoms with Gasteiger partial charge in [0.15, 0.2) is 0 Å². The summed E-state index contributed by atoms with van der Waals surface area (Å²) in [4.78, 5) is 11.8. The first-order valence-electron chi connectivity index (χ1n) is 4.70. The summed E-state index contributed by atoms with van der Waals surface area (Å²) in [5.74, 6) is 0.706. The van der Waals surface area contributed by atoms with Gasteiger partial charge in [-0.05, 0) is 11.6 Å². The monoisotopic (exact) mass is 215 g/mol. The van der Waals surface area contributed by atoms with E-state index in [4.69, 9.17) is 4.52 Å². The van der Waals surface area contributed by atoms with Crippen molar-refractivity contribution in [3.05, 3.63) is 48.5 Å². The van der Waals surface area contributed by atoms with Gasteiger partial charge in [0, 0.05) is 19.2 Å². The van der Waals surface area contributed by atoms with Crippen LogP contribution >= 0.6 is 8.38 Å². The van der Waals surface area contributed by atoms with E-state index >= 15 is 0 Å². The van der Waals surface area contributed by atoms with E-state index < -0.39 is 8.38 Å². The Labute approximate surface area is 89.1 Å². The molecule has 15 heavy (non-hydrogen) atoms. The normalized spacial score (nSPS) is 17.5. The van der Waals surface area contributed by atoms with Gasteiger partial charge in [0.25, 0.3) is 0 Å². The summed E-state index contributed by atoms with van der Waals surface area (Å²) in [5.41, 5.74) is 2.03. The summed E-state index contributed by atoms with van der Waals surface area (Å²) in [7, 11) is -1.74. The van der Waals surface area contributed by atoms with Crippen LogP contribution < -0.4 is 14.7 Å². The molecular formula is C12H8O2P-. The van der Waals surface area contributed by atoms with Gasteiger partial charge in [-0.15, -0.1) is 0 Å². The molecule has 2 nitrogen and oxygen atoms in total. The van der Waals surface area contributed by atoms with Gasteiger partial charge in [-0.1, -0.05) is 42.5 Å². The predicted molar refractivity (Wildman–Crippen MR) is 59.1 cm³/mol. The Hall–Kier alpha value is -1.37. The third-order valence-corrected chi connectivity index (χ3v) is 3.61. The Kier molecular flexibility index (Phi) is 1.98. The summed E-state index contributed by atoms with van der Waals surface area (Å²) < 4.78 is 5.37. The van der Waals surface area contributed by atoms with Crippen LogP contribution in [-0.2, 0) is 0 Å². The molecular weight excluding hydrogens is 207 g/mol. The van der Waals surface area contributed by atoms with Crippen molar-refractivity contribution in [2.24, 2.45) is 0 Å². The van der Waals surface area contributed by atoms with Crippen LogP contribution in [0.1, 0.15) is 0 Å². The predicted octanol–water partition coefficient (Wildman–Crippen LogP) is 2.04. The third kappa shape index (κ3) is 1.34. The summed E-state index contributed by atoms with van der Waals surface area (Å²) in [6.45, 7) is 0. The second-order valence-electron chi connectivity index (χ2n) is 3.36. The van der Waals surface area contributed by atoms with Crippen molar-refractivity contribution in [3.8, 4) is 16.9 Å². The number of para-hydroxylation sites is 1. The average molecular weight is 215 g/mol. The molecule has 0 aromatic heterocycles. The molecule has 0 radical (unpaired) electrons. The lowest BCUT2D eigenvalue weighted by Crippen LogP contribution is -2.20. The van der Waals surface area contributed by atoms with Gasteiger partial charge in [-0.3, -0.25) is 0 Å². The lowest BCUT2D eigenvalue weighted by atomic mass is 10.0. The quantitative estimate of drug-likeness (QED) is 0.630. The third-order valence-electron chi connectivity index (χ3n) is 2.46. The molecule has 0 saturated carbocycles. The van der Waals surface area contributed by atoms with Gasteiger partial charge in [-0.2, -0.15) is 0 Å². The van der Waals surface area contributed by atoms with Gasteiger partial charge in [0.1, 0.15) is 5.75 Å². The molecule has 2 aromatic rings. The van der Waals surface area contributed by atoms with Gasteiger partial charge < -0.3 is 9.42 Å². The highest BCUT2D eigenvalue weighted by Crippen LogP contribution is 2.43. The Bertz CT molecular complexity index is 510. The van der Waals surface area contributed by atoms with Crippen LogP contribution in [0.15, 0.2) is 48.5 Å². The Morgan fingerprint density at radius 2 is 1.53 bits per heavy atom. The van der Waals surface area contributed by atoms with Crippen LogP contribution in [0.5, 0.6) is 5.75 Å². The first kappa shape index (κ1) is 8.90. The molecule has 1 aliphatic heterocycles. The topological polar surface area (TPSA) is 32.3 Å². The van der Waals surface area contributed by atoms with E-state index in [2.05, 4.69) is 0 Å². The minimum atomic E-state index is -1.74. The molecule has 0 spiro atoms. The first-order valence-corrected chi connectivity index (χ1v) is 5.88. The zero-order chi connectivity index (χ0) is 10.3. The lowest BCUT2D eigenvalue weighted by molar-refractivity contribution is -0.169. The fourth-order valence-electron chi connectivity index (χ4n) is 1.77. The summed E-state index contributed by atoms with van der Waals surface area (Å²) >= 11 is 0. The number of rotatable bonds is 0. The maximum absolute atomic E-state index is 11.8. The molecule has 0 fully saturated rings. The van der Waals surface area contributed by atoms with Crippen molar-refractivity contribution in [2.75, 3.05) is 0 Å². The van der Waals surface area contributed by atoms with Gasteiger partial charge in [-0.25, -0.2) is 0 Å². The van der Waals surface area contributed by atoms with Crippen molar-refractivity contribution in [1.29, 1.82) is 0 Å². The van der Waals surface area contributed by atoms with Gasteiger partial charge >= 0.3 is 0 Å². The molecule has 0 aliphatic carbocycles. The van der Waals surface area contributed by atoms with E-state index in [9.17, 15) is 4.89 Å². The van der Waals surface area contributed by atoms with Crippen LogP contribution in [0, 0.1) is 0 Å². The van der Waals surface area contributed by atoms with Crippen LogP contribution in [0.25, 0.3) is 11.1 Å². The number of hydrogen-bond donors (Lipinski definition) is 0. The fraction of sp³-hybridized carbons (Fsp3) is 0. The highest BCUT2D eigenvalue weighted by Gasteiger charge is 2.18. The molecule has 0 amide bonds. The Balaban J connectivity index is 2.30. The molecule has 2 aromatic carbocycles. The smallest absolute Gasteiger partial charge is 0.129 e. The zero-order valence-corrected chi connectivity index (χ0v) is 8.78. The summed E-state index contributed by atoms with van der Waals surface area (Å²) in [5, 5.41) is 0.784. The Morgan fingerprint density at radius 1 is 0.867 bits per heavy atom. The van der Waals surface area contributed by atoms with Crippen molar-refractivity contribution in [2.45, 2.75) is 0 Å². The molecule has 1 heterocycles. The van der Waals surface area contributed by atoms with Crippen molar-refractivity contribution in [3.63, 3.8) is 0 Å². The molecule has 1 unspecified atom stereocenters. The minimum Gasteiger partial charge on any atom is -0.795 e. The molecule has 0 saturated heterocycles.